The lowest BCUT2D eigenvalue weighted by Gasteiger charge is -2.17. The van der Waals surface area contributed by atoms with Crippen LogP contribution in [0.4, 0.5) is 11.8 Å². The van der Waals surface area contributed by atoms with Gasteiger partial charge in [-0.15, -0.1) is 21.5 Å². The summed E-state index contributed by atoms with van der Waals surface area (Å²) < 4.78 is 7.44. The Labute approximate surface area is 188 Å². The van der Waals surface area contributed by atoms with E-state index in [0.29, 0.717) is 39.8 Å². The van der Waals surface area contributed by atoms with Gasteiger partial charge in [-0.05, 0) is 45.1 Å². The van der Waals surface area contributed by atoms with Gasteiger partial charge in [0.15, 0.2) is 5.16 Å². The summed E-state index contributed by atoms with van der Waals surface area (Å²) in [5.41, 5.74) is 7.02. The Morgan fingerprint density at radius 1 is 1.26 bits per heavy atom. The number of carbonyl (C=O) groups is 1. The number of hydrogen-bond donors (Lipinski definition) is 1. The van der Waals surface area contributed by atoms with Crippen molar-refractivity contribution in [1.82, 2.24) is 24.7 Å². The van der Waals surface area contributed by atoms with E-state index in [2.05, 4.69) is 29.6 Å². The molecule has 3 aromatic rings. The molecule has 0 atom stereocenters. The first-order valence-corrected chi connectivity index (χ1v) is 12.4. The highest BCUT2D eigenvalue weighted by Crippen LogP contribution is 2.42. The highest BCUT2D eigenvalue weighted by molar-refractivity contribution is 7.98. The summed E-state index contributed by atoms with van der Waals surface area (Å²) in [7, 11) is 0. The van der Waals surface area contributed by atoms with Crippen molar-refractivity contribution in [1.29, 1.82) is 0 Å². The van der Waals surface area contributed by atoms with Crippen molar-refractivity contribution in [3.63, 3.8) is 0 Å². The first-order chi connectivity index (χ1) is 15.1. The number of thioether (sulfide) groups is 1. The SMILES string of the molecule is CCOC(=O)c1sc2nc(CSc3nnc(N4CCCC4)n3C3CC3)nc(N)c2c1C. The van der Waals surface area contributed by atoms with Crippen molar-refractivity contribution in [3.05, 3.63) is 16.3 Å². The number of nitrogens with two attached hydrogens (primary N) is 1. The normalized spacial score (nSPS) is 16.4. The molecule has 0 aromatic carbocycles. The topological polar surface area (TPSA) is 112 Å². The van der Waals surface area contributed by atoms with E-state index >= 15 is 0 Å². The second-order valence-electron chi connectivity index (χ2n) is 7.85. The van der Waals surface area contributed by atoms with Gasteiger partial charge in [0.05, 0.1) is 17.7 Å². The molecule has 1 aliphatic carbocycles. The number of nitrogen functional groups attached to an aromatic ring is 1. The molecule has 0 amide bonds. The summed E-state index contributed by atoms with van der Waals surface area (Å²) in [5, 5.41) is 10.6. The van der Waals surface area contributed by atoms with E-state index in [-0.39, 0.29) is 5.97 Å². The van der Waals surface area contributed by atoms with Gasteiger partial charge in [0.2, 0.25) is 5.95 Å². The first kappa shape index (κ1) is 20.5. The van der Waals surface area contributed by atoms with Crippen LogP contribution in [-0.2, 0) is 10.5 Å². The minimum atomic E-state index is -0.342. The molecule has 5 rings (SSSR count). The predicted octanol–water partition coefficient (Wildman–Crippen LogP) is 3.58. The molecule has 1 aliphatic heterocycles. The van der Waals surface area contributed by atoms with Crippen LogP contribution >= 0.6 is 23.1 Å². The van der Waals surface area contributed by atoms with E-state index in [9.17, 15) is 4.79 Å². The van der Waals surface area contributed by atoms with Crippen molar-refractivity contribution in [2.45, 2.75) is 56.5 Å². The third-order valence-electron chi connectivity index (χ3n) is 5.60. The van der Waals surface area contributed by atoms with Crippen LogP contribution in [0.25, 0.3) is 10.2 Å². The largest absolute Gasteiger partial charge is 0.462 e. The van der Waals surface area contributed by atoms with Gasteiger partial charge in [0, 0.05) is 19.1 Å². The van der Waals surface area contributed by atoms with Gasteiger partial charge >= 0.3 is 5.97 Å². The fraction of sp³-hybridized carbons (Fsp3) is 0.550. The molecule has 2 aliphatic rings. The number of fused-ring (bicyclic) bond motifs is 1. The molecular weight excluding hydrogens is 434 g/mol. The van der Waals surface area contributed by atoms with Crippen LogP contribution in [0.2, 0.25) is 0 Å². The lowest BCUT2D eigenvalue weighted by molar-refractivity contribution is 0.0531. The van der Waals surface area contributed by atoms with Crippen LogP contribution in [0, 0.1) is 6.92 Å². The van der Waals surface area contributed by atoms with Crippen LogP contribution in [0.1, 0.15) is 59.7 Å². The minimum absolute atomic E-state index is 0.330. The lowest BCUT2D eigenvalue weighted by atomic mass is 10.2. The van der Waals surface area contributed by atoms with E-state index in [1.165, 1.54) is 37.0 Å². The molecular formula is C20H25N7O2S2. The summed E-state index contributed by atoms with van der Waals surface area (Å²) in [4.78, 5) is 25.0. The highest BCUT2D eigenvalue weighted by Gasteiger charge is 2.32. The van der Waals surface area contributed by atoms with Gasteiger partial charge in [0.1, 0.15) is 21.3 Å². The molecule has 164 valence electrons. The van der Waals surface area contributed by atoms with Gasteiger partial charge in [-0.2, -0.15) is 0 Å². The number of carbonyl (C=O) groups excluding carboxylic acids is 1. The second kappa shape index (κ2) is 8.27. The van der Waals surface area contributed by atoms with Crippen LogP contribution in [-0.4, -0.2) is 50.4 Å². The predicted molar refractivity (Wildman–Crippen MR) is 122 cm³/mol. The summed E-state index contributed by atoms with van der Waals surface area (Å²) in [6, 6.07) is 0.494. The maximum Gasteiger partial charge on any atom is 0.348 e. The van der Waals surface area contributed by atoms with Crippen molar-refractivity contribution in [3.8, 4) is 0 Å². The Bertz CT molecular complexity index is 1130. The average molecular weight is 460 g/mol. The number of aromatic nitrogens is 5. The zero-order valence-electron chi connectivity index (χ0n) is 17.6. The maximum atomic E-state index is 12.2. The first-order valence-electron chi connectivity index (χ1n) is 10.6. The van der Waals surface area contributed by atoms with Crippen molar-refractivity contribution in [2.75, 3.05) is 30.3 Å². The quantitative estimate of drug-likeness (QED) is 0.418. The number of rotatable bonds is 7. The summed E-state index contributed by atoms with van der Waals surface area (Å²) in [5.74, 6) is 2.21. The van der Waals surface area contributed by atoms with E-state index < -0.39 is 0 Å². The minimum Gasteiger partial charge on any atom is -0.462 e. The zero-order valence-corrected chi connectivity index (χ0v) is 19.3. The number of ether oxygens (including phenoxy) is 1. The lowest BCUT2D eigenvalue weighted by Crippen LogP contribution is -2.22. The van der Waals surface area contributed by atoms with Crippen LogP contribution in [0.15, 0.2) is 5.16 Å². The Morgan fingerprint density at radius 2 is 2.03 bits per heavy atom. The Morgan fingerprint density at radius 3 is 2.74 bits per heavy atom. The molecule has 1 saturated heterocycles. The molecule has 1 saturated carbocycles. The fourth-order valence-electron chi connectivity index (χ4n) is 3.95. The molecule has 4 heterocycles. The van der Waals surface area contributed by atoms with E-state index in [1.807, 2.05) is 6.92 Å². The molecule has 31 heavy (non-hydrogen) atoms. The van der Waals surface area contributed by atoms with Crippen LogP contribution in [0.5, 0.6) is 0 Å². The van der Waals surface area contributed by atoms with Gasteiger partial charge < -0.3 is 15.4 Å². The number of aryl methyl sites for hydroxylation is 1. The van der Waals surface area contributed by atoms with Crippen molar-refractivity contribution >= 4 is 51.1 Å². The van der Waals surface area contributed by atoms with E-state index in [0.717, 1.165) is 35.1 Å². The van der Waals surface area contributed by atoms with Gasteiger partial charge in [0.25, 0.3) is 0 Å². The smallest absolute Gasteiger partial charge is 0.348 e. The van der Waals surface area contributed by atoms with E-state index in [4.69, 9.17) is 10.5 Å². The Balaban J connectivity index is 1.39. The van der Waals surface area contributed by atoms with Gasteiger partial charge in [-0.1, -0.05) is 11.8 Å². The second-order valence-corrected chi connectivity index (χ2v) is 9.79. The number of esters is 1. The third-order valence-corrected chi connectivity index (χ3v) is 7.71. The molecule has 0 radical (unpaired) electrons. The fourth-order valence-corrected chi connectivity index (χ4v) is 5.91. The Hall–Kier alpha value is -2.40. The van der Waals surface area contributed by atoms with Gasteiger partial charge in [-0.3, -0.25) is 4.57 Å². The summed E-state index contributed by atoms with van der Waals surface area (Å²) in [6.07, 6.45) is 4.77. The van der Waals surface area contributed by atoms with Crippen LogP contribution < -0.4 is 10.6 Å². The van der Waals surface area contributed by atoms with Crippen molar-refractivity contribution < 1.29 is 9.53 Å². The molecule has 2 fully saturated rings. The molecule has 11 heteroatoms. The van der Waals surface area contributed by atoms with E-state index in [1.54, 1.807) is 18.7 Å². The molecule has 0 unspecified atom stereocenters. The monoisotopic (exact) mass is 459 g/mol. The summed E-state index contributed by atoms with van der Waals surface area (Å²) >= 11 is 2.89. The average Bonchev–Trinajstić information content (AvgIpc) is 3.14. The number of hydrogen-bond acceptors (Lipinski definition) is 10. The van der Waals surface area contributed by atoms with Gasteiger partial charge in [-0.25, -0.2) is 14.8 Å². The zero-order chi connectivity index (χ0) is 21.5. The standard InChI is InChI=1S/C20H25N7O2S2/c1-3-29-18(28)15-11(2)14-16(21)22-13(23-17(14)31-15)10-30-20-25-24-19(26-8-4-5-9-26)27(20)12-6-7-12/h12H,3-10H2,1-2H3,(H2,21,22,23). The van der Waals surface area contributed by atoms with Crippen LogP contribution in [0.3, 0.4) is 0 Å². The molecule has 3 aromatic heterocycles. The number of anilines is 2. The molecule has 0 bridgehead atoms. The summed E-state index contributed by atoms with van der Waals surface area (Å²) in [6.45, 7) is 6.08. The molecule has 9 nitrogen and oxygen atoms in total. The molecule has 2 N–H and O–H groups in total. The Kier molecular flexibility index (Phi) is 5.47. The highest BCUT2D eigenvalue weighted by atomic mass is 32.2. The maximum absolute atomic E-state index is 12.2. The number of nitrogens with zero attached hydrogens (tertiary/aromatic N) is 6. The van der Waals surface area contributed by atoms with Crippen molar-refractivity contribution in [2.24, 2.45) is 0 Å². The third kappa shape index (κ3) is 3.84. The molecule has 0 spiro atoms. The number of thiophene rings is 1.